The second-order valence-electron chi connectivity index (χ2n) is 7.19. The summed E-state index contributed by atoms with van der Waals surface area (Å²) in [5.74, 6) is 0.706. The second-order valence-corrected chi connectivity index (χ2v) is 7.19. The largest absolute Gasteiger partial charge is 0.342 e. The van der Waals surface area contributed by atoms with Crippen LogP contribution in [-0.2, 0) is 16.1 Å². The van der Waals surface area contributed by atoms with E-state index in [0.717, 1.165) is 25.1 Å². The van der Waals surface area contributed by atoms with Crippen LogP contribution < -0.4 is 0 Å². The molecule has 0 aromatic heterocycles. The van der Waals surface area contributed by atoms with Crippen molar-refractivity contribution in [3.8, 4) is 0 Å². The Hall–Kier alpha value is -1.84. The molecular weight excluding hydrogens is 288 g/mol. The van der Waals surface area contributed by atoms with Crippen molar-refractivity contribution in [1.29, 1.82) is 0 Å². The van der Waals surface area contributed by atoms with E-state index in [-0.39, 0.29) is 17.7 Å². The predicted molar refractivity (Wildman–Crippen MR) is 89.7 cm³/mol. The van der Waals surface area contributed by atoms with E-state index in [1.165, 1.54) is 12.0 Å². The third kappa shape index (κ3) is 3.74. The Bertz CT molecular complexity index is 582. The minimum Gasteiger partial charge on any atom is -0.342 e. The van der Waals surface area contributed by atoms with Crippen LogP contribution in [0.25, 0.3) is 0 Å². The Kier molecular flexibility index (Phi) is 4.69. The summed E-state index contributed by atoms with van der Waals surface area (Å²) in [5, 5.41) is 0. The molecule has 0 N–H and O–H groups in total. The molecule has 0 bridgehead atoms. The van der Waals surface area contributed by atoms with Gasteiger partial charge in [0.15, 0.2) is 0 Å². The van der Waals surface area contributed by atoms with Gasteiger partial charge in [-0.1, -0.05) is 36.8 Å². The first-order chi connectivity index (χ1) is 11.0. The molecule has 1 aromatic rings. The number of likely N-dealkylation sites (tertiary alicyclic amines) is 2. The van der Waals surface area contributed by atoms with Crippen LogP contribution in [0.2, 0.25) is 0 Å². The summed E-state index contributed by atoms with van der Waals surface area (Å²) < 4.78 is 0. The van der Waals surface area contributed by atoms with Crippen LogP contribution in [0.5, 0.6) is 0 Å². The van der Waals surface area contributed by atoms with Crippen LogP contribution in [0, 0.1) is 18.8 Å². The first-order valence-electron chi connectivity index (χ1n) is 8.65. The molecule has 2 amide bonds. The van der Waals surface area contributed by atoms with Crippen LogP contribution in [0.4, 0.5) is 0 Å². The highest BCUT2D eigenvalue weighted by Gasteiger charge is 2.37. The standard InChI is InChI=1S/C19H26N2O2/c1-14-5-7-16(8-6-14)12-21-13-17(10-18(21)22)19(23)20-9-3-4-15(2)11-20/h5-8,15,17H,3-4,9-13H2,1-2H3. The molecule has 2 aliphatic heterocycles. The van der Waals surface area contributed by atoms with E-state index in [9.17, 15) is 9.59 Å². The van der Waals surface area contributed by atoms with E-state index in [4.69, 9.17) is 0 Å². The summed E-state index contributed by atoms with van der Waals surface area (Å²) in [5.41, 5.74) is 2.34. The van der Waals surface area contributed by atoms with Crippen LogP contribution in [0.15, 0.2) is 24.3 Å². The zero-order valence-electron chi connectivity index (χ0n) is 14.1. The van der Waals surface area contributed by atoms with Gasteiger partial charge in [0.1, 0.15) is 0 Å². The van der Waals surface area contributed by atoms with Gasteiger partial charge in [0.25, 0.3) is 0 Å². The number of amides is 2. The molecule has 2 heterocycles. The zero-order chi connectivity index (χ0) is 16.4. The van der Waals surface area contributed by atoms with Gasteiger partial charge in [0, 0.05) is 32.6 Å². The molecule has 2 aliphatic rings. The number of carbonyl (C=O) groups is 2. The molecule has 0 saturated carbocycles. The Morgan fingerprint density at radius 3 is 2.65 bits per heavy atom. The lowest BCUT2D eigenvalue weighted by atomic mass is 9.98. The van der Waals surface area contributed by atoms with Gasteiger partial charge in [-0.15, -0.1) is 0 Å². The summed E-state index contributed by atoms with van der Waals surface area (Å²) in [6, 6.07) is 8.25. The van der Waals surface area contributed by atoms with E-state index >= 15 is 0 Å². The molecule has 0 aliphatic carbocycles. The van der Waals surface area contributed by atoms with E-state index in [0.29, 0.717) is 25.4 Å². The zero-order valence-corrected chi connectivity index (χ0v) is 14.1. The van der Waals surface area contributed by atoms with Crippen LogP contribution >= 0.6 is 0 Å². The number of rotatable bonds is 3. The summed E-state index contributed by atoms with van der Waals surface area (Å²) in [6.07, 6.45) is 2.66. The minimum absolute atomic E-state index is 0.106. The lowest BCUT2D eigenvalue weighted by Crippen LogP contribution is -2.43. The third-order valence-corrected chi connectivity index (χ3v) is 5.03. The summed E-state index contributed by atoms with van der Waals surface area (Å²) in [6.45, 7) is 7.13. The van der Waals surface area contributed by atoms with Crippen molar-refractivity contribution in [3.05, 3.63) is 35.4 Å². The van der Waals surface area contributed by atoms with Gasteiger partial charge in [-0.2, -0.15) is 0 Å². The molecule has 3 rings (SSSR count). The highest BCUT2D eigenvalue weighted by Crippen LogP contribution is 2.25. The summed E-state index contributed by atoms with van der Waals surface area (Å²) in [4.78, 5) is 28.8. The van der Waals surface area contributed by atoms with Crippen molar-refractivity contribution in [3.63, 3.8) is 0 Å². The lowest BCUT2D eigenvalue weighted by molar-refractivity contribution is -0.137. The normalized spacial score (nSPS) is 25.0. The van der Waals surface area contributed by atoms with Gasteiger partial charge >= 0.3 is 0 Å². The van der Waals surface area contributed by atoms with Gasteiger partial charge < -0.3 is 9.80 Å². The van der Waals surface area contributed by atoms with E-state index in [1.807, 2.05) is 9.80 Å². The average Bonchev–Trinajstić information content (AvgIpc) is 2.90. The first kappa shape index (κ1) is 16.0. The topological polar surface area (TPSA) is 40.6 Å². The van der Waals surface area contributed by atoms with Crippen molar-refractivity contribution >= 4 is 11.8 Å². The molecule has 2 fully saturated rings. The van der Waals surface area contributed by atoms with E-state index in [1.54, 1.807) is 0 Å². The van der Waals surface area contributed by atoms with E-state index < -0.39 is 0 Å². The predicted octanol–water partition coefficient (Wildman–Crippen LogP) is 2.60. The molecular formula is C19H26N2O2. The van der Waals surface area contributed by atoms with Crippen molar-refractivity contribution in [2.75, 3.05) is 19.6 Å². The van der Waals surface area contributed by atoms with Crippen molar-refractivity contribution in [2.45, 2.75) is 39.7 Å². The molecule has 124 valence electrons. The average molecular weight is 314 g/mol. The number of benzene rings is 1. The Balaban J connectivity index is 1.60. The fraction of sp³-hybridized carbons (Fsp3) is 0.579. The highest BCUT2D eigenvalue weighted by atomic mass is 16.2. The Morgan fingerprint density at radius 2 is 1.96 bits per heavy atom. The number of piperidine rings is 1. The monoisotopic (exact) mass is 314 g/mol. The number of carbonyl (C=O) groups excluding carboxylic acids is 2. The number of hydrogen-bond acceptors (Lipinski definition) is 2. The third-order valence-electron chi connectivity index (χ3n) is 5.03. The number of hydrogen-bond donors (Lipinski definition) is 0. The molecule has 4 nitrogen and oxygen atoms in total. The van der Waals surface area contributed by atoms with Crippen LogP contribution in [0.3, 0.4) is 0 Å². The van der Waals surface area contributed by atoms with Crippen molar-refractivity contribution < 1.29 is 9.59 Å². The van der Waals surface area contributed by atoms with Gasteiger partial charge in [-0.3, -0.25) is 9.59 Å². The summed E-state index contributed by atoms with van der Waals surface area (Å²) >= 11 is 0. The quantitative estimate of drug-likeness (QED) is 0.860. The van der Waals surface area contributed by atoms with Gasteiger partial charge in [-0.25, -0.2) is 0 Å². The number of nitrogens with zero attached hydrogens (tertiary/aromatic N) is 2. The molecule has 1 aromatic carbocycles. The van der Waals surface area contributed by atoms with Crippen LogP contribution in [-0.4, -0.2) is 41.2 Å². The van der Waals surface area contributed by atoms with Gasteiger partial charge in [0.05, 0.1) is 5.92 Å². The lowest BCUT2D eigenvalue weighted by Gasteiger charge is -2.32. The maximum atomic E-state index is 12.7. The molecule has 0 radical (unpaired) electrons. The minimum atomic E-state index is -0.154. The smallest absolute Gasteiger partial charge is 0.228 e. The fourth-order valence-electron chi connectivity index (χ4n) is 3.65. The molecule has 0 spiro atoms. The van der Waals surface area contributed by atoms with Crippen LogP contribution in [0.1, 0.15) is 37.3 Å². The highest BCUT2D eigenvalue weighted by molar-refractivity contribution is 5.89. The van der Waals surface area contributed by atoms with E-state index in [2.05, 4.69) is 38.1 Å². The maximum Gasteiger partial charge on any atom is 0.228 e. The Labute approximate surface area is 138 Å². The molecule has 23 heavy (non-hydrogen) atoms. The summed E-state index contributed by atoms with van der Waals surface area (Å²) in [7, 11) is 0. The Morgan fingerprint density at radius 1 is 1.22 bits per heavy atom. The molecule has 2 saturated heterocycles. The van der Waals surface area contributed by atoms with Gasteiger partial charge in [0.2, 0.25) is 11.8 Å². The maximum absolute atomic E-state index is 12.7. The van der Waals surface area contributed by atoms with Gasteiger partial charge in [-0.05, 0) is 31.2 Å². The number of aryl methyl sites for hydroxylation is 1. The molecule has 2 atom stereocenters. The first-order valence-corrected chi connectivity index (χ1v) is 8.65. The second kappa shape index (κ2) is 6.73. The van der Waals surface area contributed by atoms with Crippen molar-refractivity contribution in [1.82, 2.24) is 9.80 Å². The van der Waals surface area contributed by atoms with Crippen molar-refractivity contribution in [2.24, 2.45) is 11.8 Å². The fourth-order valence-corrected chi connectivity index (χ4v) is 3.65. The SMILES string of the molecule is Cc1ccc(CN2CC(C(=O)N3CCCC(C)C3)CC2=O)cc1. The molecule has 4 heteroatoms. The molecule has 2 unspecified atom stereocenters.